The van der Waals surface area contributed by atoms with Crippen LogP contribution in [0.3, 0.4) is 0 Å². The molecule has 0 aliphatic heterocycles. The number of hydrogen-bond donors (Lipinski definition) is 2. The van der Waals surface area contributed by atoms with Gasteiger partial charge in [-0.1, -0.05) is 6.07 Å². The Morgan fingerprint density at radius 1 is 1.35 bits per heavy atom. The molecular formula is C16H19N5O2. The zero-order chi connectivity index (χ0) is 16.7. The van der Waals surface area contributed by atoms with Crippen molar-refractivity contribution in [2.24, 2.45) is 0 Å². The molecule has 7 nitrogen and oxygen atoms in total. The summed E-state index contributed by atoms with van der Waals surface area (Å²) in [6.45, 7) is 2.95. The first-order valence-corrected chi connectivity index (χ1v) is 7.26. The third kappa shape index (κ3) is 5.06. The lowest BCUT2D eigenvalue weighted by atomic mass is 10.3. The summed E-state index contributed by atoms with van der Waals surface area (Å²) in [7, 11) is 0. The number of nitrogens with two attached hydrogens (primary N) is 1. The number of nitrogens with zero attached hydrogens (tertiary/aromatic N) is 3. The van der Waals surface area contributed by atoms with Crippen molar-refractivity contribution in [1.29, 1.82) is 0 Å². The van der Waals surface area contributed by atoms with Gasteiger partial charge in [0.25, 0.3) is 5.56 Å². The van der Waals surface area contributed by atoms with Crippen molar-refractivity contribution in [3.8, 4) is 0 Å². The largest absolute Gasteiger partial charge is 0.368 e. The molecule has 0 unspecified atom stereocenters. The van der Waals surface area contributed by atoms with Crippen LogP contribution in [-0.4, -0.2) is 27.0 Å². The standard InChI is InChI=1S/C16H19N5O2/c1-12-4-2-5-15(23)21(12)9-3-8-18-14(22)7-6-13-10-19-16(17)20-11-13/h2,4-7,10-11H,3,8-9H2,1H3,(H,18,22)(H2,17,19,20)/b7-6+. The van der Waals surface area contributed by atoms with Crippen LogP contribution in [0.1, 0.15) is 17.7 Å². The second-order valence-corrected chi connectivity index (χ2v) is 5.01. The summed E-state index contributed by atoms with van der Waals surface area (Å²) in [5, 5.41) is 2.77. The van der Waals surface area contributed by atoms with Gasteiger partial charge in [0.05, 0.1) is 0 Å². The summed E-state index contributed by atoms with van der Waals surface area (Å²) >= 11 is 0. The third-order valence-corrected chi connectivity index (χ3v) is 3.24. The number of hydrogen-bond acceptors (Lipinski definition) is 5. The van der Waals surface area contributed by atoms with Crippen LogP contribution < -0.4 is 16.6 Å². The van der Waals surface area contributed by atoms with Gasteiger partial charge < -0.3 is 15.6 Å². The topological polar surface area (TPSA) is 103 Å². The van der Waals surface area contributed by atoms with Gasteiger partial charge in [-0.15, -0.1) is 0 Å². The molecule has 0 bridgehead atoms. The molecule has 0 spiro atoms. The maximum atomic E-state index is 11.7. The zero-order valence-electron chi connectivity index (χ0n) is 12.9. The van der Waals surface area contributed by atoms with Crippen molar-refractivity contribution in [2.75, 3.05) is 12.3 Å². The molecule has 2 rings (SSSR count). The summed E-state index contributed by atoms with van der Waals surface area (Å²) in [5.74, 6) is -0.0167. The molecule has 0 atom stereocenters. The smallest absolute Gasteiger partial charge is 0.250 e. The van der Waals surface area contributed by atoms with Gasteiger partial charge in [-0.2, -0.15) is 0 Å². The minimum absolute atomic E-state index is 0.0282. The SMILES string of the molecule is Cc1cccc(=O)n1CCCNC(=O)/C=C/c1cnc(N)nc1. The second-order valence-electron chi connectivity index (χ2n) is 5.01. The first-order valence-electron chi connectivity index (χ1n) is 7.26. The Morgan fingerprint density at radius 2 is 2.09 bits per heavy atom. The van der Waals surface area contributed by atoms with Crippen LogP contribution in [0.4, 0.5) is 5.95 Å². The van der Waals surface area contributed by atoms with E-state index >= 15 is 0 Å². The number of rotatable bonds is 6. The van der Waals surface area contributed by atoms with E-state index < -0.39 is 0 Å². The fraction of sp³-hybridized carbons (Fsp3) is 0.250. The quantitative estimate of drug-likeness (QED) is 0.605. The van der Waals surface area contributed by atoms with Crippen molar-refractivity contribution < 1.29 is 4.79 Å². The van der Waals surface area contributed by atoms with Crippen LogP contribution in [0.25, 0.3) is 6.08 Å². The van der Waals surface area contributed by atoms with E-state index in [0.717, 1.165) is 5.69 Å². The van der Waals surface area contributed by atoms with Crippen LogP contribution in [0.15, 0.2) is 41.5 Å². The van der Waals surface area contributed by atoms with Crippen LogP contribution in [0.2, 0.25) is 0 Å². The minimum Gasteiger partial charge on any atom is -0.368 e. The summed E-state index contributed by atoms with van der Waals surface area (Å²) < 4.78 is 1.69. The maximum Gasteiger partial charge on any atom is 0.250 e. The van der Waals surface area contributed by atoms with Gasteiger partial charge in [-0.05, 0) is 25.5 Å². The summed E-state index contributed by atoms with van der Waals surface area (Å²) in [6.07, 6.45) is 6.78. The zero-order valence-corrected chi connectivity index (χ0v) is 12.9. The average Bonchev–Trinajstić information content (AvgIpc) is 2.53. The van der Waals surface area contributed by atoms with Gasteiger partial charge in [-0.3, -0.25) is 9.59 Å². The summed E-state index contributed by atoms with van der Waals surface area (Å²) in [6, 6.07) is 5.15. The maximum absolute atomic E-state index is 11.7. The molecule has 7 heteroatoms. The van der Waals surface area contributed by atoms with Crippen LogP contribution >= 0.6 is 0 Å². The Balaban J connectivity index is 1.77. The molecule has 3 N–H and O–H groups in total. The van der Waals surface area contributed by atoms with Gasteiger partial charge >= 0.3 is 0 Å². The van der Waals surface area contributed by atoms with E-state index in [0.29, 0.717) is 25.1 Å². The van der Waals surface area contributed by atoms with Crippen LogP contribution in [-0.2, 0) is 11.3 Å². The number of nitrogens with one attached hydrogen (secondary N) is 1. The van der Waals surface area contributed by atoms with Gasteiger partial charge in [0, 0.05) is 48.9 Å². The third-order valence-electron chi connectivity index (χ3n) is 3.24. The van der Waals surface area contributed by atoms with Gasteiger partial charge in [0.2, 0.25) is 11.9 Å². The number of aryl methyl sites for hydroxylation is 1. The lowest BCUT2D eigenvalue weighted by molar-refractivity contribution is -0.116. The van der Waals surface area contributed by atoms with E-state index in [2.05, 4.69) is 15.3 Å². The Bertz CT molecular complexity index is 750. The Hall–Kier alpha value is -2.96. The number of aromatic nitrogens is 3. The van der Waals surface area contributed by atoms with Crippen molar-refractivity contribution in [3.63, 3.8) is 0 Å². The van der Waals surface area contributed by atoms with E-state index in [-0.39, 0.29) is 17.4 Å². The molecule has 0 aliphatic rings. The predicted molar refractivity (Wildman–Crippen MR) is 88.5 cm³/mol. The lowest BCUT2D eigenvalue weighted by Gasteiger charge is -2.09. The van der Waals surface area contributed by atoms with E-state index in [1.807, 2.05) is 13.0 Å². The average molecular weight is 313 g/mol. The molecule has 0 saturated heterocycles. The summed E-state index contributed by atoms with van der Waals surface area (Å²) in [4.78, 5) is 31.1. The van der Waals surface area contributed by atoms with Crippen LogP contribution in [0, 0.1) is 6.92 Å². The molecule has 23 heavy (non-hydrogen) atoms. The molecule has 0 aromatic carbocycles. The second kappa shape index (κ2) is 7.88. The highest BCUT2D eigenvalue weighted by Gasteiger charge is 2.00. The van der Waals surface area contributed by atoms with Crippen LogP contribution in [0.5, 0.6) is 0 Å². The monoisotopic (exact) mass is 313 g/mol. The molecule has 0 saturated carbocycles. The van der Waals surface area contributed by atoms with E-state index in [1.54, 1.807) is 16.7 Å². The molecule has 2 heterocycles. The highest BCUT2D eigenvalue weighted by atomic mass is 16.1. The van der Waals surface area contributed by atoms with Gasteiger partial charge in [-0.25, -0.2) is 9.97 Å². The first-order chi connectivity index (χ1) is 11.1. The van der Waals surface area contributed by atoms with E-state index in [4.69, 9.17) is 5.73 Å². The van der Waals surface area contributed by atoms with E-state index in [1.165, 1.54) is 24.5 Å². The summed E-state index contributed by atoms with van der Waals surface area (Å²) in [5.41, 5.74) is 6.96. The molecule has 0 radical (unpaired) electrons. The number of pyridine rings is 1. The minimum atomic E-state index is -0.209. The fourth-order valence-electron chi connectivity index (χ4n) is 2.02. The molecule has 2 aromatic heterocycles. The fourth-order valence-corrected chi connectivity index (χ4v) is 2.02. The number of carbonyl (C=O) groups is 1. The van der Waals surface area contributed by atoms with Crippen molar-refractivity contribution in [2.45, 2.75) is 19.9 Å². The highest BCUT2D eigenvalue weighted by Crippen LogP contribution is 1.99. The molecule has 0 fully saturated rings. The van der Waals surface area contributed by atoms with Gasteiger partial charge in [0.15, 0.2) is 0 Å². The lowest BCUT2D eigenvalue weighted by Crippen LogP contribution is -2.26. The predicted octanol–water partition coefficient (Wildman–Crippen LogP) is 0.749. The normalized spacial score (nSPS) is 10.8. The van der Waals surface area contributed by atoms with Crippen molar-refractivity contribution >= 4 is 17.9 Å². The molecule has 2 aromatic rings. The number of anilines is 1. The molecular weight excluding hydrogens is 294 g/mol. The Labute approximate surface area is 133 Å². The highest BCUT2D eigenvalue weighted by molar-refractivity contribution is 5.91. The molecule has 1 amide bonds. The number of amides is 1. The van der Waals surface area contributed by atoms with Gasteiger partial charge in [0.1, 0.15) is 0 Å². The number of carbonyl (C=O) groups excluding carboxylic acids is 1. The van der Waals surface area contributed by atoms with Crippen molar-refractivity contribution in [3.05, 3.63) is 58.3 Å². The molecule has 120 valence electrons. The Morgan fingerprint density at radius 3 is 2.78 bits per heavy atom. The van der Waals surface area contributed by atoms with E-state index in [9.17, 15) is 9.59 Å². The van der Waals surface area contributed by atoms with Crippen molar-refractivity contribution in [1.82, 2.24) is 19.9 Å². The first kappa shape index (κ1) is 16.4. The molecule has 0 aliphatic carbocycles. The number of nitrogen functional groups attached to an aromatic ring is 1. The Kier molecular flexibility index (Phi) is 5.62.